The van der Waals surface area contributed by atoms with Gasteiger partial charge in [0.15, 0.2) is 6.29 Å². The van der Waals surface area contributed by atoms with Gasteiger partial charge in [0.2, 0.25) is 5.78 Å². The Morgan fingerprint density at radius 2 is 1.94 bits per heavy atom. The summed E-state index contributed by atoms with van der Waals surface area (Å²) in [6.45, 7) is 0. The van der Waals surface area contributed by atoms with E-state index >= 15 is 0 Å². The monoisotopic (exact) mass is 242 g/mol. The Hall–Kier alpha value is -1.65. The van der Waals surface area contributed by atoms with E-state index in [0.29, 0.717) is 5.56 Å². The van der Waals surface area contributed by atoms with Gasteiger partial charge in [-0.3, -0.25) is 9.59 Å². The van der Waals surface area contributed by atoms with Crippen molar-refractivity contribution in [2.24, 2.45) is 0 Å². The average molecular weight is 242 g/mol. The van der Waals surface area contributed by atoms with Crippen LogP contribution in [0, 0.1) is 0 Å². The molecule has 2 nitrogen and oxygen atoms in total. The third kappa shape index (κ3) is 2.38. The van der Waals surface area contributed by atoms with Crippen LogP contribution in [-0.4, -0.2) is 12.1 Å². The van der Waals surface area contributed by atoms with Gasteiger partial charge in [-0.1, -0.05) is 6.07 Å². The molecule has 0 amide bonds. The van der Waals surface area contributed by atoms with E-state index in [1.807, 2.05) is 0 Å². The highest BCUT2D eigenvalue weighted by atomic mass is 19.4. The summed E-state index contributed by atoms with van der Waals surface area (Å²) in [5, 5.41) is 0. The first-order valence-electron chi connectivity index (χ1n) is 5.14. The maximum atomic E-state index is 12.5. The molecule has 1 aromatic rings. The predicted molar refractivity (Wildman–Crippen MR) is 53.8 cm³/mol. The first-order valence-corrected chi connectivity index (χ1v) is 5.14. The van der Waals surface area contributed by atoms with Crippen molar-refractivity contribution in [3.8, 4) is 0 Å². The zero-order valence-electron chi connectivity index (χ0n) is 8.75. The fourth-order valence-electron chi connectivity index (χ4n) is 1.76. The van der Waals surface area contributed by atoms with Gasteiger partial charge in [0.25, 0.3) is 0 Å². The first kappa shape index (κ1) is 11.8. The second kappa shape index (κ2) is 3.98. The second-order valence-electron chi connectivity index (χ2n) is 4.06. The topological polar surface area (TPSA) is 34.1 Å². The highest BCUT2D eigenvalue weighted by Crippen LogP contribution is 2.43. The number of carbonyl (C=O) groups excluding carboxylic acids is 2. The van der Waals surface area contributed by atoms with Gasteiger partial charge < -0.3 is 0 Å². The van der Waals surface area contributed by atoms with Crippen LogP contribution in [-0.2, 0) is 11.0 Å². The highest BCUT2D eigenvalue weighted by molar-refractivity contribution is 6.33. The summed E-state index contributed by atoms with van der Waals surface area (Å²) in [5.41, 5.74) is -0.339. The van der Waals surface area contributed by atoms with Crippen molar-refractivity contribution in [2.45, 2.75) is 24.9 Å². The summed E-state index contributed by atoms with van der Waals surface area (Å²) in [5.74, 6) is -0.781. The number of alkyl halides is 3. The Balaban J connectivity index is 2.48. The van der Waals surface area contributed by atoms with Gasteiger partial charge in [-0.05, 0) is 36.5 Å². The number of Topliss-reactive ketones (excluding diaryl/α,β-unsaturated/α-hetero) is 1. The highest BCUT2D eigenvalue weighted by Gasteiger charge is 2.34. The van der Waals surface area contributed by atoms with Crippen molar-refractivity contribution in [1.29, 1.82) is 0 Å². The number of hydrogen-bond donors (Lipinski definition) is 0. The molecule has 1 aliphatic carbocycles. The predicted octanol–water partition coefficient (Wildman–Crippen LogP) is 2.96. The van der Waals surface area contributed by atoms with Gasteiger partial charge in [-0.2, -0.15) is 13.2 Å². The van der Waals surface area contributed by atoms with Crippen molar-refractivity contribution in [2.75, 3.05) is 0 Å². The Kier molecular flexibility index (Phi) is 2.77. The Labute approximate surface area is 95.4 Å². The Morgan fingerprint density at radius 3 is 2.41 bits per heavy atom. The van der Waals surface area contributed by atoms with Gasteiger partial charge in [-0.15, -0.1) is 0 Å². The molecule has 90 valence electrons. The third-order valence-electron chi connectivity index (χ3n) is 2.77. The normalized spacial score (nSPS) is 15.7. The van der Waals surface area contributed by atoms with Gasteiger partial charge in [-0.25, -0.2) is 0 Å². The lowest BCUT2D eigenvalue weighted by Gasteiger charge is -2.11. The lowest BCUT2D eigenvalue weighted by Crippen LogP contribution is -2.09. The molecule has 0 spiro atoms. The van der Waals surface area contributed by atoms with Crippen LogP contribution in [0.1, 0.15) is 40.2 Å². The van der Waals surface area contributed by atoms with Gasteiger partial charge >= 0.3 is 6.18 Å². The molecule has 0 heterocycles. The molecule has 5 heteroatoms. The molecule has 1 aliphatic rings. The molecule has 0 atom stereocenters. The van der Waals surface area contributed by atoms with Crippen molar-refractivity contribution >= 4 is 12.1 Å². The minimum atomic E-state index is -4.42. The zero-order chi connectivity index (χ0) is 12.6. The lowest BCUT2D eigenvalue weighted by atomic mass is 9.97. The van der Waals surface area contributed by atoms with Crippen LogP contribution in [0.4, 0.5) is 13.2 Å². The van der Waals surface area contributed by atoms with Crippen LogP contribution in [0.5, 0.6) is 0 Å². The number of rotatable bonds is 3. The Morgan fingerprint density at radius 1 is 1.29 bits per heavy atom. The molecule has 2 rings (SSSR count). The zero-order valence-corrected chi connectivity index (χ0v) is 8.75. The number of halogens is 3. The molecule has 0 unspecified atom stereocenters. The third-order valence-corrected chi connectivity index (χ3v) is 2.77. The number of aldehydes is 1. The molecule has 17 heavy (non-hydrogen) atoms. The maximum Gasteiger partial charge on any atom is 0.416 e. The van der Waals surface area contributed by atoms with Crippen LogP contribution >= 0.6 is 0 Å². The molecule has 0 radical (unpaired) electrons. The van der Waals surface area contributed by atoms with Crippen LogP contribution in [0.2, 0.25) is 0 Å². The molecule has 0 N–H and O–H groups in total. The lowest BCUT2D eigenvalue weighted by molar-refractivity contribution is -0.137. The van der Waals surface area contributed by atoms with Gasteiger partial charge in [0.05, 0.1) is 5.56 Å². The number of ketones is 1. The van der Waals surface area contributed by atoms with E-state index < -0.39 is 17.5 Å². The summed E-state index contributed by atoms with van der Waals surface area (Å²) in [6, 6.07) is 2.91. The Bertz CT molecular complexity index is 473. The summed E-state index contributed by atoms with van der Waals surface area (Å²) in [6.07, 6.45) is -2.76. The summed E-state index contributed by atoms with van der Waals surface area (Å²) >= 11 is 0. The molecule has 1 saturated carbocycles. The van der Waals surface area contributed by atoms with E-state index in [4.69, 9.17) is 0 Å². The van der Waals surface area contributed by atoms with E-state index in [0.717, 1.165) is 31.0 Å². The van der Waals surface area contributed by atoms with Gasteiger partial charge in [0.1, 0.15) is 0 Å². The van der Waals surface area contributed by atoms with Crippen molar-refractivity contribution < 1.29 is 22.8 Å². The van der Waals surface area contributed by atoms with Crippen LogP contribution < -0.4 is 0 Å². The van der Waals surface area contributed by atoms with Crippen LogP contribution in [0.3, 0.4) is 0 Å². The smallest absolute Gasteiger partial charge is 0.294 e. The molecule has 0 aromatic heterocycles. The van der Waals surface area contributed by atoms with Crippen molar-refractivity contribution in [3.63, 3.8) is 0 Å². The molecular weight excluding hydrogens is 233 g/mol. The van der Waals surface area contributed by atoms with E-state index in [9.17, 15) is 22.8 Å². The second-order valence-corrected chi connectivity index (χ2v) is 4.06. The summed E-state index contributed by atoms with van der Waals surface area (Å²) in [4.78, 5) is 21.7. The SMILES string of the molecule is O=CC(=O)c1ccc(C(F)(F)F)cc1C1CC1. The first-order chi connectivity index (χ1) is 7.93. The van der Waals surface area contributed by atoms with E-state index in [-0.39, 0.29) is 17.8 Å². The molecular formula is C12H9F3O2. The molecule has 1 aromatic carbocycles. The van der Waals surface area contributed by atoms with Crippen LogP contribution in [0.15, 0.2) is 18.2 Å². The average Bonchev–Trinajstić information content (AvgIpc) is 3.10. The molecule has 0 aliphatic heterocycles. The quantitative estimate of drug-likeness (QED) is 0.464. The standard InChI is InChI=1S/C12H9F3O2/c13-12(14,15)8-3-4-9(11(17)6-16)10(5-8)7-1-2-7/h3-7H,1-2H2. The van der Waals surface area contributed by atoms with E-state index in [2.05, 4.69) is 0 Å². The minimum absolute atomic E-state index is 0.0174. The number of carbonyl (C=O) groups is 2. The van der Waals surface area contributed by atoms with Gasteiger partial charge in [0, 0.05) is 5.56 Å². The minimum Gasteiger partial charge on any atom is -0.294 e. The van der Waals surface area contributed by atoms with E-state index in [1.165, 1.54) is 0 Å². The molecule has 0 saturated heterocycles. The van der Waals surface area contributed by atoms with Crippen molar-refractivity contribution in [3.05, 3.63) is 34.9 Å². The largest absolute Gasteiger partial charge is 0.416 e. The number of hydrogen-bond acceptors (Lipinski definition) is 2. The molecule has 1 fully saturated rings. The fraction of sp³-hybridized carbons (Fsp3) is 0.333. The fourth-order valence-corrected chi connectivity index (χ4v) is 1.76. The summed E-state index contributed by atoms with van der Waals surface area (Å²) < 4.78 is 37.5. The van der Waals surface area contributed by atoms with Crippen LogP contribution in [0.25, 0.3) is 0 Å². The summed E-state index contributed by atoms with van der Waals surface area (Å²) in [7, 11) is 0. The van der Waals surface area contributed by atoms with Crippen molar-refractivity contribution in [1.82, 2.24) is 0 Å². The molecule has 0 bridgehead atoms. The maximum absolute atomic E-state index is 12.5. The number of benzene rings is 1. The van der Waals surface area contributed by atoms with E-state index in [1.54, 1.807) is 0 Å².